The van der Waals surface area contributed by atoms with E-state index in [1.165, 1.54) is 18.2 Å². The third-order valence-electron chi connectivity index (χ3n) is 3.20. The summed E-state index contributed by atoms with van der Waals surface area (Å²) < 4.78 is 5.62. The molecule has 0 saturated heterocycles. The minimum Gasteiger partial charge on any atom is -0.481 e. The zero-order chi connectivity index (χ0) is 16.0. The molecule has 1 rings (SSSR count). The zero-order valence-electron chi connectivity index (χ0n) is 12.5. The molecule has 116 valence electrons. The van der Waals surface area contributed by atoms with Crippen LogP contribution in [-0.2, 0) is 11.3 Å². The van der Waals surface area contributed by atoms with Crippen LogP contribution in [0, 0.1) is 10.1 Å². The average molecular weight is 295 g/mol. The second-order valence-corrected chi connectivity index (χ2v) is 4.52. The summed E-state index contributed by atoms with van der Waals surface area (Å²) in [5.74, 6) is 0.275. The molecule has 0 fully saturated rings. The lowest BCUT2D eigenvalue weighted by Crippen LogP contribution is -2.40. The molecule has 21 heavy (non-hydrogen) atoms. The summed E-state index contributed by atoms with van der Waals surface area (Å²) >= 11 is 0. The van der Waals surface area contributed by atoms with Crippen molar-refractivity contribution in [3.8, 4) is 5.75 Å². The van der Waals surface area contributed by atoms with E-state index in [1.807, 2.05) is 13.8 Å². The highest BCUT2D eigenvalue weighted by Gasteiger charge is 2.21. The molecule has 0 aromatic heterocycles. The number of nitrogens with two attached hydrogens (primary N) is 1. The highest BCUT2D eigenvalue weighted by molar-refractivity contribution is 5.80. The molecule has 0 saturated carbocycles. The maximum atomic E-state index is 12.1. The summed E-state index contributed by atoms with van der Waals surface area (Å²) in [4.78, 5) is 24.1. The Kier molecular flexibility index (Phi) is 6.10. The highest BCUT2D eigenvalue weighted by Crippen LogP contribution is 2.25. The zero-order valence-corrected chi connectivity index (χ0v) is 12.5. The molecular weight excluding hydrogens is 274 g/mol. The van der Waals surface area contributed by atoms with Gasteiger partial charge >= 0.3 is 0 Å². The normalized spacial score (nSPS) is 11.8. The molecule has 0 spiro atoms. The van der Waals surface area contributed by atoms with Gasteiger partial charge in [0.1, 0.15) is 5.75 Å². The summed E-state index contributed by atoms with van der Waals surface area (Å²) in [6.07, 6.45) is -0.670. The van der Waals surface area contributed by atoms with Gasteiger partial charge in [-0.2, -0.15) is 0 Å². The second-order valence-electron chi connectivity index (χ2n) is 4.52. The number of hydrogen-bond acceptors (Lipinski definition) is 5. The van der Waals surface area contributed by atoms with Gasteiger partial charge in [-0.1, -0.05) is 0 Å². The van der Waals surface area contributed by atoms with Crippen molar-refractivity contribution in [2.24, 2.45) is 5.73 Å². The molecule has 1 aromatic rings. The van der Waals surface area contributed by atoms with E-state index < -0.39 is 11.0 Å². The molecule has 1 amide bonds. The third-order valence-corrected chi connectivity index (χ3v) is 3.20. The minimum absolute atomic E-state index is 0.0504. The summed E-state index contributed by atoms with van der Waals surface area (Å²) in [6, 6.07) is 4.18. The molecule has 1 unspecified atom stereocenters. The fourth-order valence-electron chi connectivity index (χ4n) is 1.99. The van der Waals surface area contributed by atoms with Crippen molar-refractivity contribution in [3.05, 3.63) is 33.9 Å². The average Bonchev–Trinajstić information content (AvgIpc) is 2.48. The Morgan fingerprint density at radius 2 is 2.05 bits per heavy atom. The molecule has 2 N–H and O–H groups in total. The van der Waals surface area contributed by atoms with E-state index in [1.54, 1.807) is 11.8 Å². The lowest BCUT2D eigenvalue weighted by molar-refractivity contribution is -0.384. The van der Waals surface area contributed by atoms with Gasteiger partial charge in [0.25, 0.3) is 11.6 Å². The first-order chi connectivity index (χ1) is 9.94. The fraction of sp³-hybridized carbons (Fsp3) is 0.500. The number of carbonyl (C=O) groups is 1. The van der Waals surface area contributed by atoms with E-state index in [2.05, 4.69) is 0 Å². The number of rotatable bonds is 7. The molecule has 0 aliphatic rings. The number of benzene rings is 1. The highest BCUT2D eigenvalue weighted by atomic mass is 16.6. The van der Waals surface area contributed by atoms with Crippen molar-refractivity contribution in [2.45, 2.75) is 33.4 Å². The topological polar surface area (TPSA) is 98.7 Å². The van der Waals surface area contributed by atoms with Crippen molar-refractivity contribution in [3.63, 3.8) is 0 Å². The van der Waals surface area contributed by atoms with Crippen molar-refractivity contribution >= 4 is 11.6 Å². The number of nitrogens with zero attached hydrogens (tertiary/aromatic N) is 2. The number of nitro benzene ring substituents is 1. The minimum atomic E-state index is -0.670. The number of ether oxygens (including phenoxy) is 1. The van der Waals surface area contributed by atoms with Crippen molar-refractivity contribution in [1.82, 2.24) is 4.90 Å². The molecule has 0 radical (unpaired) electrons. The van der Waals surface area contributed by atoms with Crippen LogP contribution in [0.2, 0.25) is 0 Å². The van der Waals surface area contributed by atoms with Crippen molar-refractivity contribution in [2.75, 3.05) is 13.1 Å². The van der Waals surface area contributed by atoms with Gasteiger partial charge in [0.05, 0.1) is 4.92 Å². The van der Waals surface area contributed by atoms with Crippen LogP contribution in [0.25, 0.3) is 0 Å². The predicted molar refractivity (Wildman–Crippen MR) is 79.0 cm³/mol. The van der Waals surface area contributed by atoms with Crippen LogP contribution in [0.4, 0.5) is 5.69 Å². The SMILES string of the molecule is CCN(CC)C(=O)C(C)Oc1ccc([N+](=O)[O-])cc1CN. The first-order valence-electron chi connectivity index (χ1n) is 6.87. The number of nitro groups is 1. The molecule has 1 atom stereocenters. The molecule has 0 bridgehead atoms. The maximum absolute atomic E-state index is 12.1. The number of amides is 1. The molecule has 0 aliphatic heterocycles. The monoisotopic (exact) mass is 295 g/mol. The van der Waals surface area contributed by atoms with Crippen LogP contribution in [-0.4, -0.2) is 34.9 Å². The molecule has 1 aromatic carbocycles. The van der Waals surface area contributed by atoms with Gasteiger partial charge in [-0.25, -0.2) is 0 Å². The Bertz CT molecular complexity index is 515. The molecule has 7 nitrogen and oxygen atoms in total. The van der Waals surface area contributed by atoms with E-state index in [0.717, 1.165) is 0 Å². The van der Waals surface area contributed by atoms with Crippen molar-refractivity contribution < 1.29 is 14.5 Å². The van der Waals surface area contributed by atoms with E-state index in [0.29, 0.717) is 24.4 Å². The van der Waals surface area contributed by atoms with E-state index in [4.69, 9.17) is 10.5 Å². The predicted octanol–water partition coefficient (Wildman–Crippen LogP) is 1.69. The fourth-order valence-corrected chi connectivity index (χ4v) is 1.99. The molecule has 0 aliphatic carbocycles. The first kappa shape index (κ1) is 16.9. The summed E-state index contributed by atoms with van der Waals surface area (Å²) in [5.41, 5.74) is 6.04. The third kappa shape index (κ3) is 4.16. The van der Waals surface area contributed by atoms with Crippen LogP contribution < -0.4 is 10.5 Å². The van der Waals surface area contributed by atoms with Crippen LogP contribution in [0.5, 0.6) is 5.75 Å². The Morgan fingerprint density at radius 3 is 2.52 bits per heavy atom. The van der Waals surface area contributed by atoms with Crippen LogP contribution >= 0.6 is 0 Å². The van der Waals surface area contributed by atoms with Gasteiger partial charge < -0.3 is 15.4 Å². The van der Waals surface area contributed by atoms with Gasteiger partial charge in [0, 0.05) is 37.3 Å². The Morgan fingerprint density at radius 1 is 1.43 bits per heavy atom. The van der Waals surface area contributed by atoms with Crippen LogP contribution in [0.1, 0.15) is 26.3 Å². The van der Waals surface area contributed by atoms with Gasteiger partial charge in [-0.05, 0) is 26.8 Å². The lowest BCUT2D eigenvalue weighted by atomic mass is 10.1. The Labute approximate surface area is 123 Å². The van der Waals surface area contributed by atoms with Crippen LogP contribution in [0.15, 0.2) is 18.2 Å². The van der Waals surface area contributed by atoms with E-state index in [-0.39, 0.29) is 18.1 Å². The van der Waals surface area contributed by atoms with Gasteiger partial charge in [0.2, 0.25) is 0 Å². The van der Waals surface area contributed by atoms with Gasteiger partial charge in [0.15, 0.2) is 6.10 Å². The Hall–Kier alpha value is -2.15. The molecule has 7 heteroatoms. The number of non-ortho nitro benzene ring substituents is 1. The van der Waals surface area contributed by atoms with Gasteiger partial charge in [-0.15, -0.1) is 0 Å². The summed E-state index contributed by atoms with van der Waals surface area (Å²) in [5, 5.41) is 10.7. The standard InChI is InChI=1S/C14H21N3O4/c1-4-16(5-2)14(18)10(3)21-13-7-6-12(17(19)20)8-11(13)9-15/h6-8,10H,4-5,9,15H2,1-3H3. The van der Waals surface area contributed by atoms with Gasteiger partial charge in [-0.3, -0.25) is 14.9 Å². The summed E-state index contributed by atoms with van der Waals surface area (Å²) in [6.45, 7) is 6.75. The smallest absolute Gasteiger partial charge is 0.270 e. The largest absolute Gasteiger partial charge is 0.481 e. The number of likely N-dealkylation sites (N-methyl/N-ethyl adjacent to an activating group) is 1. The van der Waals surface area contributed by atoms with Crippen molar-refractivity contribution in [1.29, 1.82) is 0 Å². The summed E-state index contributed by atoms with van der Waals surface area (Å²) in [7, 11) is 0. The van der Waals surface area contributed by atoms with E-state index >= 15 is 0 Å². The van der Waals surface area contributed by atoms with E-state index in [9.17, 15) is 14.9 Å². The number of hydrogen-bond donors (Lipinski definition) is 1. The number of carbonyl (C=O) groups excluding carboxylic acids is 1. The maximum Gasteiger partial charge on any atom is 0.270 e. The van der Waals surface area contributed by atoms with Crippen LogP contribution in [0.3, 0.4) is 0 Å². The lowest BCUT2D eigenvalue weighted by Gasteiger charge is -2.24. The second kappa shape index (κ2) is 7.58. The molecular formula is C14H21N3O4. The quantitative estimate of drug-likeness (QED) is 0.609. The molecule has 0 heterocycles. The first-order valence-corrected chi connectivity index (χ1v) is 6.87. The Balaban J connectivity index is 2.92.